The van der Waals surface area contributed by atoms with Crippen molar-refractivity contribution in [1.82, 2.24) is 0 Å². The topological polar surface area (TPSA) is 94.6 Å². The van der Waals surface area contributed by atoms with Gasteiger partial charge in [0.2, 0.25) is 5.88 Å². The summed E-state index contributed by atoms with van der Waals surface area (Å²) in [5.41, 5.74) is 8.35. The number of esters is 1. The second-order valence-corrected chi connectivity index (χ2v) is 7.82. The zero-order valence-electron chi connectivity index (χ0n) is 17.2. The molecular weight excluding hydrogens is 472 g/mol. The van der Waals surface area contributed by atoms with Crippen molar-refractivity contribution >= 4 is 21.9 Å². The van der Waals surface area contributed by atoms with E-state index in [-0.39, 0.29) is 5.88 Å². The molecule has 7 heteroatoms. The first-order valence-electron chi connectivity index (χ1n) is 9.93. The van der Waals surface area contributed by atoms with Gasteiger partial charge in [0, 0.05) is 16.1 Å². The molecule has 160 valence electrons. The number of rotatable bonds is 5. The first-order chi connectivity index (χ1) is 15.5. The number of halogens is 1. The van der Waals surface area contributed by atoms with Crippen molar-refractivity contribution in [3.05, 3.63) is 99.3 Å². The van der Waals surface area contributed by atoms with Crippen LogP contribution in [0.25, 0.3) is 0 Å². The highest BCUT2D eigenvalue weighted by Crippen LogP contribution is 2.45. The monoisotopic (exact) mass is 490 g/mol. The SMILES string of the molecule is CCOc1ccccc1C(=O)Oc1ccc2c(c1)OC(N)=C(C#N)C2c1ccccc1Br. The molecule has 1 aliphatic rings. The van der Waals surface area contributed by atoms with Crippen molar-refractivity contribution in [1.29, 1.82) is 5.26 Å². The number of carbonyl (C=O) groups excluding carboxylic acids is 1. The molecule has 4 rings (SSSR count). The minimum absolute atomic E-state index is 0.0194. The summed E-state index contributed by atoms with van der Waals surface area (Å²) in [7, 11) is 0. The fraction of sp³-hybridized carbons (Fsp3) is 0.120. The van der Waals surface area contributed by atoms with Crippen LogP contribution in [-0.2, 0) is 0 Å². The molecule has 0 spiro atoms. The lowest BCUT2D eigenvalue weighted by molar-refractivity contribution is 0.0730. The Morgan fingerprint density at radius 2 is 1.88 bits per heavy atom. The van der Waals surface area contributed by atoms with Crippen LogP contribution in [0.15, 0.2) is 82.7 Å². The molecule has 1 aliphatic heterocycles. The molecule has 0 saturated heterocycles. The highest BCUT2D eigenvalue weighted by atomic mass is 79.9. The van der Waals surface area contributed by atoms with Crippen LogP contribution in [0.2, 0.25) is 0 Å². The van der Waals surface area contributed by atoms with E-state index in [2.05, 4.69) is 22.0 Å². The molecule has 0 aliphatic carbocycles. The van der Waals surface area contributed by atoms with E-state index in [0.29, 0.717) is 35.0 Å². The average molecular weight is 491 g/mol. The van der Waals surface area contributed by atoms with Gasteiger partial charge in [0.15, 0.2) is 0 Å². The van der Waals surface area contributed by atoms with Crippen LogP contribution in [0.3, 0.4) is 0 Å². The summed E-state index contributed by atoms with van der Waals surface area (Å²) in [6.45, 7) is 2.28. The van der Waals surface area contributed by atoms with Crippen molar-refractivity contribution < 1.29 is 19.0 Å². The van der Waals surface area contributed by atoms with Crippen LogP contribution in [0.1, 0.15) is 34.3 Å². The van der Waals surface area contributed by atoms with Gasteiger partial charge >= 0.3 is 5.97 Å². The number of nitriles is 1. The number of nitrogens with zero attached hydrogens (tertiary/aromatic N) is 1. The fourth-order valence-electron chi connectivity index (χ4n) is 3.61. The zero-order chi connectivity index (χ0) is 22.7. The molecule has 0 radical (unpaired) electrons. The number of allylic oxidation sites excluding steroid dienone is 1. The fourth-order valence-corrected chi connectivity index (χ4v) is 4.12. The third kappa shape index (κ3) is 4.05. The molecule has 32 heavy (non-hydrogen) atoms. The molecule has 3 aromatic carbocycles. The Hall–Kier alpha value is -3.76. The number of ether oxygens (including phenoxy) is 3. The van der Waals surface area contributed by atoms with Gasteiger partial charge in [-0.25, -0.2) is 4.79 Å². The normalized spacial score (nSPS) is 14.7. The van der Waals surface area contributed by atoms with Gasteiger partial charge in [0.1, 0.15) is 34.5 Å². The van der Waals surface area contributed by atoms with E-state index in [0.717, 1.165) is 15.6 Å². The number of benzene rings is 3. The number of hydrogen-bond donors (Lipinski definition) is 1. The summed E-state index contributed by atoms with van der Waals surface area (Å²) in [5, 5.41) is 9.71. The summed E-state index contributed by atoms with van der Waals surface area (Å²) in [4.78, 5) is 12.7. The minimum atomic E-state index is -0.548. The maximum atomic E-state index is 12.7. The summed E-state index contributed by atoms with van der Waals surface area (Å²) in [6, 6.07) is 21.7. The molecule has 3 aromatic rings. The molecule has 2 N–H and O–H groups in total. The number of hydrogen-bond acceptors (Lipinski definition) is 6. The van der Waals surface area contributed by atoms with Gasteiger partial charge in [0.05, 0.1) is 12.5 Å². The first kappa shape index (κ1) is 21.5. The Bertz CT molecular complexity index is 1260. The summed E-state index contributed by atoms with van der Waals surface area (Å²) in [5.74, 6) is 0.223. The molecule has 0 bridgehead atoms. The predicted molar refractivity (Wildman–Crippen MR) is 122 cm³/mol. The first-order valence-corrected chi connectivity index (χ1v) is 10.7. The van der Waals surface area contributed by atoms with Crippen LogP contribution >= 0.6 is 15.9 Å². The highest BCUT2D eigenvalue weighted by Gasteiger charge is 2.32. The van der Waals surface area contributed by atoms with E-state index in [1.165, 1.54) is 0 Å². The highest BCUT2D eigenvalue weighted by molar-refractivity contribution is 9.10. The molecular formula is C25H19BrN2O4. The lowest BCUT2D eigenvalue weighted by Crippen LogP contribution is -2.21. The second-order valence-electron chi connectivity index (χ2n) is 6.96. The van der Waals surface area contributed by atoms with Crippen LogP contribution < -0.4 is 19.9 Å². The van der Waals surface area contributed by atoms with E-state index in [1.54, 1.807) is 42.5 Å². The van der Waals surface area contributed by atoms with Crippen molar-refractivity contribution in [3.63, 3.8) is 0 Å². The minimum Gasteiger partial charge on any atom is -0.493 e. The Morgan fingerprint density at radius 1 is 1.12 bits per heavy atom. The standard InChI is InChI=1S/C25H19BrN2O4/c1-2-30-21-10-6-4-8-18(21)25(29)31-15-11-12-17-22(13-15)32-24(28)19(14-27)23(17)16-7-3-5-9-20(16)26/h3-13,23H,2,28H2,1H3. The van der Waals surface area contributed by atoms with E-state index >= 15 is 0 Å². The Morgan fingerprint density at radius 3 is 2.62 bits per heavy atom. The number of nitrogens with two attached hydrogens (primary N) is 1. The maximum Gasteiger partial charge on any atom is 0.347 e. The van der Waals surface area contributed by atoms with Crippen molar-refractivity contribution in [2.45, 2.75) is 12.8 Å². The van der Waals surface area contributed by atoms with Gasteiger partial charge in [-0.05, 0) is 36.8 Å². The van der Waals surface area contributed by atoms with Crippen LogP contribution in [-0.4, -0.2) is 12.6 Å². The van der Waals surface area contributed by atoms with E-state index < -0.39 is 11.9 Å². The van der Waals surface area contributed by atoms with Gasteiger partial charge in [0.25, 0.3) is 0 Å². The van der Waals surface area contributed by atoms with Crippen molar-refractivity contribution in [2.75, 3.05) is 6.61 Å². The molecule has 0 saturated carbocycles. The second kappa shape index (κ2) is 9.16. The largest absolute Gasteiger partial charge is 0.493 e. The summed E-state index contributed by atoms with van der Waals surface area (Å²) in [6.07, 6.45) is 0. The number of para-hydroxylation sites is 1. The Labute approximate surface area is 194 Å². The third-order valence-corrected chi connectivity index (χ3v) is 5.75. The molecule has 1 atom stereocenters. The Balaban J connectivity index is 1.69. The van der Waals surface area contributed by atoms with Crippen molar-refractivity contribution in [3.8, 4) is 23.3 Å². The summed E-state index contributed by atoms with van der Waals surface area (Å²) < 4.78 is 17.7. The van der Waals surface area contributed by atoms with Crippen LogP contribution in [0, 0.1) is 11.3 Å². The predicted octanol–water partition coefficient (Wildman–Crippen LogP) is 5.29. The Kier molecular flexibility index (Phi) is 6.15. The third-order valence-electron chi connectivity index (χ3n) is 5.02. The quantitative estimate of drug-likeness (QED) is 0.385. The molecule has 0 amide bonds. The average Bonchev–Trinajstić information content (AvgIpc) is 2.79. The molecule has 0 aromatic heterocycles. The van der Waals surface area contributed by atoms with Crippen molar-refractivity contribution in [2.24, 2.45) is 5.73 Å². The van der Waals surface area contributed by atoms with E-state index in [1.807, 2.05) is 31.2 Å². The molecule has 6 nitrogen and oxygen atoms in total. The molecule has 0 fully saturated rings. The number of carbonyl (C=O) groups is 1. The molecule has 1 unspecified atom stereocenters. The lowest BCUT2D eigenvalue weighted by Gasteiger charge is -2.27. The van der Waals surface area contributed by atoms with Crippen LogP contribution in [0.5, 0.6) is 17.2 Å². The maximum absolute atomic E-state index is 12.7. The van der Waals surface area contributed by atoms with Gasteiger partial charge in [-0.2, -0.15) is 5.26 Å². The van der Waals surface area contributed by atoms with Crippen LogP contribution in [0.4, 0.5) is 0 Å². The van der Waals surface area contributed by atoms with Gasteiger partial charge in [-0.3, -0.25) is 0 Å². The molecule has 1 heterocycles. The van der Waals surface area contributed by atoms with E-state index in [4.69, 9.17) is 19.9 Å². The van der Waals surface area contributed by atoms with E-state index in [9.17, 15) is 10.1 Å². The zero-order valence-corrected chi connectivity index (χ0v) is 18.8. The smallest absolute Gasteiger partial charge is 0.347 e. The van der Waals surface area contributed by atoms with Gasteiger partial charge < -0.3 is 19.9 Å². The number of fused-ring (bicyclic) bond motifs is 1. The summed E-state index contributed by atoms with van der Waals surface area (Å²) >= 11 is 3.56. The lowest BCUT2D eigenvalue weighted by atomic mass is 9.83. The van der Waals surface area contributed by atoms with Gasteiger partial charge in [-0.15, -0.1) is 0 Å². The van der Waals surface area contributed by atoms with Gasteiger partial charge in [-0.1, -0.05) is 52.3 Å².